The van der Waals surface area contributed by atoms with Crippen LogP contribution in [0, 0.1) is 25.7 Å². The molecule has 0 radical (unpaired) electrons. The van der Waals surface area contributed by atoms with Crippen molar-refractivity contribution in [3.05, 3.63) is 34.9 Å². The number of hydrogen-bond acceptors (Lipinski definition) is 2. The van der Waals surface area contributed by atoms with E-state index in [1.807, 2.05) is 13.8 Å². The van der Waals surface area contributed by atoms with Crippen LogP contribution in [0.1, 0.15) is 30.5 Å². The highest BCUT2D eigenvalue weighted by molar-refractivity contribution is 5.79. The summed E-state index contributed by atoms with van der Waals surface area (Å²) in [5, 5.41) is 9.31. The van der Waals surface area contributed by atoms with E-state index in [0.29, 0.717) is 6.54 Å². The van der Waals surface area contributed by atoms with Gasteiger partial charge in [0, 0.05) is 13.6 Å². The predicted octanol–water partition coefficient (Wildman–Crippen LogP) is 2.53. The monoisotopic (exact) mass is 263 g/mol. The van der Waals surface area contributed by atoms with Crippen molar-refractivity contribution >= 4 is 5.91 Å². The first-order valence-electron chi connectivity index (χ1n) is 6.78. The maximum absolute atomic E-state index is 12.2. The molecule has 19 heavy (non-hydrogen) atoms. The molecule has 106 valence electrons. The minimum atomic E-state index is -0.309. The summed E-state index contributed by atoms with van der Waals surface area (Å²) in [6, 6.07) is 6.24. The molecule has 0 bridgehead atoms. The van der Waals surface area contributed by atoms with Crippen LogP contribution in [0.4, 0.5) is 0 Å². The summed E-state index contributed by atoms with van der Waals surface area (Å²) in [5.74, 6) is -0.146. The second-order valence-corrected chi connectivity index (χ2v) is 5.65. The molecule has 0 spiro atoms. The highest BCUT2D eigenvalue weighted by atomic mass is 16.3. The van der Waals surface area contributed by atoms with Crippen molar-refractivity contribution in [2.75, 3.05) is 13.7 Å². The Morgan fingerprint density at radius 3 is 2.37 bits per heavy atom. The van der Waals surface area contributed by atoms with Gasteiger partial charge in [0.25, 0.3) is 0 Å². The Labute approximate surface area is 116 Å². The third kappa shape index (κ3) is 4.06. The lowest BCUT2D eigenvalue weighted by Gasteiger charge is -2.25. The van der Waals surface area contributed by atoms with E-state index in [2.05, 4.69) is 32.0 Å². The molecule has 0 aliphatic rings. The summed E-state index contributed by atoms with van der Waals surface area (Å²) in [6.07, 6.45) is 0. The normalized spacial score (nSPS) is 12.6. The number of nitrogens with zero attached hydrogens (tertiary/aromatic N) is 1. The molecule has 0 heterocycles. The minimum absolute atomic E-state index is 0.00993. The lowest BCUT2D eigenvalue weighted by atomic mass is 9.95. The van der Waals surface area contributed by atoms with Crippen molar-refractivity contribution in [1.82, 2.24) is 4.90 Å². The zero-order valence-electron chi connectivity index (χ0n) is 12.6. The van der Waals surface area contributed by atoms with Crippen molar-refractivity contribution in [2.45, 2.75) is 34.2 Å². The first-order valence-corrected chi connectivity index (χ1v) is 6.78. The van der Waals surface area contributed by atoms with Gasteiger partial charge in [0.2, 0.25) is 5.91 Å². The van der Waals surface area contributed by atoms with Crippen LogP contribution in [0.25, 0.3) is 0 Å². The lowest BCUT2D eigenvalue weighted by molar-refractivity contribution is -0.137. The Bertz CT molecular complexity index is 440. The number of benzene rings is 1. The molecule has 0 aliphatic carbocycles. The Balaban J connectivity index is 2.75. The molecule has 1 aromatic carbocycles. The standard InChI is InChI=1S/C16H25NO2/c1-11(2)15(10-18)16(19)17(5)9-14-7-6-12(3)13(4)8-14/h6-8,11,15,18H,9-10H2,1-5H3. The molecular formula is C16H25NO2. The van der Waals surface area contributed by atoms with Crippen LogP contribution >= 0.6 is 0 Å². The number of aryl methyl sites for hydroxylation is 2. The molecule has 3 heteroatoms. The first kappa shape index (κ1) is 15.7. The van der Waals surface area contributed by atoms with Crippen molar-refractivity contribution in [1.29, 1.82) is 0 Å². The van der Waals surface area contributed by atoms with E-state index in [1.165, 1.54) is 11.1 Å². The molecule has 1 unspecified atom stereocenters. The summed E-state index contributed by atoms with van der Waals surface area (Å²) in [5.41, 5.74) is 3.62. The molecule has 3 nitrogen and oxygen atoms in total. The topological polar surface area (TPSA) is 40.5 Å². The molecule has 0 saturated carbocycles. The molecule has 0 aliphatic heterocycles. The number of carbonyl (C=O) groups is 1. The average Bonchev–Trinajstić information content (AvgIpc) is 2.34. The van der Waals surface area contributed by atoms with Crippen molar-refractivity contribution < 1.29 is 9.90 Å². The predicted molar refractivity (Wildman–Crippen MR) is 77.8 cm³/mol. The largest absolute Gasteiger partial charge is 0.396 e. The third-order valence-corrected chi connectivity index (χ3v) is 3.69. The summed E-state index contributed by atoms with van der Waals surface area (Å²) < 4.78 is 0. The SMILES string of the molecule is Cc1ccc(CN(C)C(=O)C(CO)C(C)C)cc1C. The number of hydrogen-bond donors (Lipinski definition) is 1. The van der Waals surface area contributed by atoms with Crippen LogP contribution in [0.5, 0.6) is 0 Å². The molecule has 1 aromatic rings. The van der Waals surface area contributed by atoms with Crippen LogP contribution in [0.2, 0.25) is 0 Å². The third-order valence-electron chi connectivity index (χ3n) is 3.69. The summed E-state index contributed by atoms with van der Waals surface area (Å²) in [4.78, 5) is 13.9. The summed E-state index contributed by atoms with van der Waals surface area (Å²) in [7, 11) is 1.79. The van der Waals surface area contributed by atoms with Crippen LogP contribution < -0.4 is 0 Å². The highest BCUT2D eigenvalue weighted by Gasteiger charge is 2.24. The molecule has 1 amide bonds. The molecule has 1 atom stereocenters. The fourth-order valence-electron chi connectivity index (χ4n) is 2.11. The van der Waals surface area contributed by atoms with Gasteiger partial charge < -0.3 is 10.0 Å². The number of carbonyl (C=O) groups excluding carboxylic acids is 1. The summed E-state index contributed by atoms with van der Waals surface area (Å²) in [6.45, 7) is 8.57. The van der Waals surface area contributed by atoms with E-state index in [-0.39, 0.29) is 24.3 Å². The van der Waals surface area contributed by atoms with Crippen molar-refractivity contribution in [3.63, 3.8) is 0 Å². The number of rotatable bonds is 5. The summed E-state index contributed by atoms with van der Waals surface area (Å²) >= 11 is 0. The van der Waals surface area contributed by atoms with Crippen LogP contribution in [-0.4, -0.2) is 29.6 Å². The lowest BCUT2D eigenvalue weighted by Crippen LogP contribution is -2.36. The minimum Gasteiger partial charge on any atom is -0.396 e. The van der Waals surface area contributed by atoms with Crippen LogP contribution in [-0.2, 0) is 11.3 Å². The van der Waals surface area contributed by atoms with Gasteiger partial charge in [-0.1, -0.05) is 32.0 Å². The van der Waals surface area contributed by atoms with E-state index >= 15 is 0 Å². The fraction of sp³-hybridized carbons (Fsp3) is 0.562. The van der Waals surface area contributed by atoms with Gasteiger partial charge in [-0.3, -0.25) is 4.79 Å². The van der Waals surface area contributed by atoms with Crippen LogP contribution in [0.3, 0.4) is 0 Å². The fourth-order valence-corrected chi connectivity index (χ4v) is 2.11. The van der Waals surface area contributed by atoms with Gasteiger partial charge in [-0.05, 0) is 36.5 Å². The number of amides is 1. The van der Waals surface area contributed by atoms with Gasteiger partial charge in [0.05, 0.1) is 12.5 Å². The van der Waals surface area contributed by atoms with Gasteiger partial charge in [-0.25, -0.2) is 0 Å². The van der Waals surface area contributed by atoms with Gasteiger partial charge in [0.1, 0.15) is 0 Å². The van der Waals surface area contributed by atoms with E-state index in [9.17, 15) is 9.90 Å². The van der Waals surface area contributed by atoms with Gasteiger partial charge >= 0.3 is 0 Å². The first-order chi connectivity index (χ1) is 8.86. The molecular weight excluding hydrogens is 238 g/mol. The second-order valence-electron chi connectivity index (χ2n) is 5.65. The maximum Gasteiger partial charge on any atom is 0.228 e. The molecule has 0 saturated heterocycles. The van der Waals surface area contributed by atoms with E-state index < -0.39 is 0 Å². The van der Waals surface area contributed by atoms with E-state index in [4.69, 9.17) is 0 Å². The van der Waals surface area contributed by atoms with Crippen molar-refractivity contribution in [3.8, 4) is 0 Å². The smallest absolute Gasteiger partial charge is 0.228 e. The Morgan fingerprint density at radius 1 is 1.26 bits per heavy atom. The zero-order chi connectivity index (χ0) is 14.6. The number of aliphatic hydroxyl groups excluding tert-OH is 1. The Kier molecular flexibility index (Phi) is 5.55. The molecule has 1 N–H and O–H groups in total. The zero-order valence-corrected chi connectivity index (χ0v) is 12.6. The van der Waals surface area contributed by atoms with E-state index in [1.54, 1.807) is 11.9 Å². The Morgan fingerprint density at radius 2 is 1.89 bits per heavy atom. The van der Waals surface area contributed by atoms with Gasteiger partial charge in [0.15, 0.2) is 0 Å². The van der Waals surface area contributed by atoms with Gasteiger partial charge in [-0.2, -0.15) is 0 Å². The number of aliphatic hydroxyl groups is 1. The highest BCUT2D eigenvalue weighted by Crippen LogP contribution is 2.16. The molecule has 1 rings (SSSR count). The second kappa shape index (κ2) is 6.71. The molecule has 0 fully saturated rings. The Hall–Kier alpha value is -1.35. The maximum atomic E-state index is 12.2. The van der Waals surface area contributed by atoms with Crippen LogP contribution in [0.15, 0.2) is 18.2 Å². The quantitative estimate of drug-likeness (QED) is 0.887. The average molecular weight is 263 g/mol. The van der Waals surface area contributed by atoms with E-state index in [0.717, 1.165) is 5.56 Å². The molecule has 0 aromatic heterocycles. The van der Waals surface area contributed by atoms with Crippen molar-refractivity contribution in [2.24, 2.45) is 11.8 Å². The van der Waals surface area contributed by atoms with Gasteiger partial charge in [-0.15, -0.1) is 0 Å².